The average Bonchev–Trinajstić information content (AvgIpc) is 2.99. The Hall–Kier alpha value is -1.81. The molecular weight excluding hydrogens is 270 g/mol. The van der Waals surface area contributed by atoms with Crippen molar-refractivity contribution in [3.8, 4) is 0 Å². The van der Waals surface area contributed by atoms with E-state index in [2.05, 4.69) is 29.8 Å². The van der Waals surface area contributed by atoms with Gasteiger partial charge in [-0.25, -0.2) is 4.79 Å². The van der Waals surface area contributed by atoms with Gasteiger partial charge in [0, 0.05) is 10.6 Å². The van der Waals surface area contributed by atoms with Gasteiger partial charge in [-0.15, -0.1) is 11.3 Å². The third-order valence-electron chi connectivity index (χ3n) is 3.27. The summed E-state index contributed by atoms with van der Waals surface area (Å²) in [5, 5.41) is 5.63. The minimum Gasteiger partial charge on any atom is -0.465 e. The van der Waals surface area contributed by atoms with E-state index in [0.717, 1.165) is 17.7 Å². The number of nitrogens with one attached hydrogen (secondary N) is 1. The fourth-order valence-corrected chi connectivity index (χ4v) is 2.98. The van der Waals surface area contributed by atoms with Crippen molar-refractivity contribution in [2.75, 3.05) is 12.4 Å². The van der Waals surface area contributed by atoms with E-state index >= 15 is 0 Å². The summed E-state index contributed by atoms with van der Waals surface area (Å²) in [5.74, 6) is -0.301. The first-order valence-corrected chi connectivity index (χ1v) is 7.52. The van der Waals surface area contributed by atoms with Crippen molar-refractivity contribution < 1.29 is 9.53 Å². The molecule has 0 saturated heterocycles. The van der Waals surface area contributed by atoms with Crippen LogP contribution in [0.2, 0.25) is 0 Å². The van der Waals surface area contributed by atoms with Crippen molar-refractivity contribution in [3.63, 3.8) is 0 Å². The molecule has 1 aromatic carbocycles. The van der Waals surface area contributed by atoms with E-state index in [1.54, 1.807) is 17.4 Å². The molecule has 0 aliphatic carbocycles. The molecule has 0 radical (unpaired) electrons. The van der Waals surface area contributed by atoms with E-state index in [-0.39, 0.29) is 5.97 Å². The van der Waals surface area contributed by atoms with Crippen LogP contribution in [0, 0.1) is 6.92 Å². The maximum Gasteiger partial charge on any atom is 0.337 e. The Balaban J connectivity index is 2.19. The molecule has 2 aromatic rings. The number of anilines is 1. The molecule has 0 spiro atoms. The number of benzene rings is 1. The number of esters is 1. The maximum atomic E-state index is 11.5. The number of methoxy groups -OCH3 is 1. The number of rotatable bonds is 5. The second kappa shape index (κ2) is 6.57. The number of carbonyl (C=O) groups is 1. The third kappa shape index (κ3) is 3.20. The van der Waals surface area contributed by atoms with Crippen LogP contribution >= 0.6 is 11.3 Å². The van der Waals surface area contributed by atoms with E-state index in [0.29, 0.717) is 11.6 Å². The molecule has 1 N–H and O–H groups in total. The largest absolute Gasteiger partial charge is 0.465 e. The summed E-state index contributed by atoms with van der Waals surface area (Å²) in [7, 11) is 1.40. The van der Waals surface area contributed by atoms with Crippen molar-refractivity contribution >= 4 is 23.0 Å². The van der Waals surface area contributed by atoms with E-state index in [1.807, 2.05) is 19.1 Å². The van der Waals surface area contributed by atoms with Gasteiger partial charge in [-0.1, -0.05) is 13.0 Å². The highest BCUT2D eigenvalue weighted by Crippen LogP contribution is 2.28. The van der Waals surface area contributed by atoms with Gasteiger partial charge in [0.25, 0.3) is 0 Å². The maximum absolute atomic E-state index is 11.5. The molecular formula is C16H19NO2S. The van der Waals surface area contributed by atoms with Gasteiger partial charge in [0.2, 0.25) is 0 Å². The average molecular weight is 289 g/mol. The number of hydrogen-bond acceptors (Lipinski definition) is 4. The highest BCUT2D eigenvalue weighted by molar-refractivity contribution is 7.10. The Morgan fingerprint density at radius 3 is 2.75 bits per heavy atom. The van der Waals surface area contributed by atoms with Crippen molar-refractivity contribution in [2.45, 2.75) is 26.3 Å². The van der Waals surface area contributed by atoms with Crippen LogP contribution in [0.25, 0.3) is 0 Å². The minimum absolute atomic E-state index is 0.301. The fraction of sp³-hybridized carbons (Fsp3) is 0.312. The number of thiophene rings is 1. The predicted molar refractivity (Wildman–Crippen MR) is 83.5 cm³/mol. The Bertz CT molecular complexity index is 578. The summed E-state index contributed by atoms with van der Waals surface area (Å²) in [6.07, 6.45) is 1.01. The Kier molecular flexibility index (Phi) is 4.79. The van der Waals surface area contributed by atoms with Crippen LogP contribution in [-0.2, 0) is 4.74 Å². The van der Waals surface area contributed by atoms with Crippen molar-refractivity contribution in [1.29, 1.82) is 0 Å². The van der Waals surface area contributed by atoms with E-state index < -0.39 is 0 Å². The molecule has 1 unspecified atom stereocenters. The number of aryl methyl sites for hydroxylation is 1. The highest BCUT2D eigenvalue weighted by Gasteiger charge is 2.13. The summed E-state index contributed by atoms with van der Waals surface area (Å²) in [6.45, 7) is 4.16. The van der Waals surface area contributed by atoms with Crippen LogP contribution in [0.5, 0.6) is 0 Å². The van der Waals surface area contributed by atoms with E-state index in [1.165, 1.54) is 12.0 Å². The molecule has 1 heterocycles. The number of ether oxygens (including phenoxy) is 1. The third-order valence-corrected chi connectivity index (χ3v) is 4.26. The zero-order valence-electron chi connectivity index (χ0n) is 12.0. The zero-order chi connectivity index (χ0) is 14.5. The Morgan fingerprint density at radius 2 is 2.20 bits per heavy atom. The van der Waals surface area contributed by atoms with Gasteiger partial charge in [0.05, 0.1) is 18.7 Å². The van der Waals surface area contributed by atoms with Gasteiger partial charge < -0.3 is 10.1 Å². The second-order valence-electron chi connectivity index (χ2n) is 4.64. The fourth-order valence-electron chi connectivity index (χ4n) is 2.12. The van der Waals surface area contributed by atoms with Crippen LogP contribution in [0.4, 0.5) is 5.69 Å². The molecule has 0 aliphatic rings. The van der Waals surface area contributed by atoms with Gasteiger partial charge in [-0.3, -0.25) is 0 Å². The molecule has 1 aromatic heterocycles. The van der Waals surface area contributed by atoms with E-state index in [9.17, 15) is 4.79 Å². The van der Waals surface area contributed by atoms with Crippen LogP contribution in [-0.4, -0.2) is 13.1 Å². The first-order chi connectivity index (χ1) is 9.65. The quantitative estimate of drug-likeness (QED) is 0.829. The lowest BCUT2D eigenvalue weighted by atomic mass is 10.1. The summed E-state index contributed by atoms with van der Waals surface area (Å²) in [6, 6.07) is 10.1. The van der Waals surface area contributed by atoms with Crippen molar-refractivity contribution in [2.24, 2.45) is 0 Å². The Labute approximate surface area is 123 Å². The summed E-state index contributed by atoms with van der Waals surface area (Å²) in [4.78, 5) is 12.8. The lowest BCUT2D eigenvalue weighted by Gasteiger charge is -2.19. The zero-order valence-corrected chi connectivity index (χ0v) is 12.8. The SMILES string of the molecule is CCC(Nc1ccc(C(=O)OC)cc1C)c1cccs1. The molecule has 2 rings (SSSR count). The molecule has 1 atom stereocenters. The molecule has 0 saturated carbocycles. The van der Waals surface area contributed by atoms with E-state index in [4.69, 9.17) is 4.74 Å². The topological polar surface area (TPSA) is 38.3 Å². The number of carbonyl (C=O) groups excluding carboxylic acids is 1. The van der Waals surface area contributed by atoms with Gasteiger partial charge in [0.1, 0.15) is 0 Å². The van der Waals surface area contributed by atoms with Gasteiger partial charge in [-0.05, 0) is 48.6 Å². The highest BCUT2D eigenvalue weighted by atomic mass is 32.1. The molecule has 20 heavy (non-hydrogen) atoms. The van der Waals surface area contributed by atoms with Gasteiger partial charge in [-0.2, -0.15) is 0 Å². The molecule has 0 bridgehead atoms. The second-order valence-corrected chi connectivity index (χ2v) is 5.62. The smallest absolute Gasteiger partial charge is 0.337 e. The number of hydrogen-bond donors (Lipinski definition) is 1. The van der Waals surface area contributed by atoms with Gasteiger partial charge >= 0.3 is 5.97 Å². The molecule has 0 amide bonds. The predicted octanol–water partition coefficient (Wildman–Crippen LogP) is 4.41. The monoisotopic (exact) mass is 289 g/mol. The Morgan fingerprint density at radius 1 is 1.40 bits per heavy atom. The molecule has 4 heteroatoms. The lowest BCUT2D eigenvalue weighted by Crippen LogP contribution is -2.10. The molecule has 3 nitrogen and oxygen atoms in total. The van der Waals surface area contributed by atoms with Crippen LogP contribution < -0.4 is 5.32 Å². The normalized spacial score (nSPS) is 11.9. The summed E-state index contributed by atoms with van der Waals surface area (Å²) in [5.41, 5.74) is 2.68. The first kappa shape index (κ1) is 14.6. The van der Waals surface area contributed by atoms with Crippen LogP contribution in [0.15, 0.2) is 35.7 Å². The molecule has 0 aliphatic heterocycles. The van der Waals surface area contributed by atoms with Gasteiger partial charge in [0.15, 0.2) is 0 Å². The van der Waals surface area contributed by atoms with Crippen molar-refractivity contribution in [3.05, 3.63) is 51.7 Å². The summed E-state index contributed by atoms with van der Waals surface area (Å²) >= 11 is 1.76. The first-order valence-electron chi connectivity index (χ1n) is 6.64. The molecule has 106 valence electrons. The summed E-state index contributed by atoms with van der Waals surface area (Å²) < 4.78 is 4.73. The van der Waals surface area contributed by atoms with Crippen LogP contribution in [0.3, 0.4) is 0 Å². The standard InChI is InChI=1S/C16H19NO2S/c1-4-13(15-6-5-9-20-15)17-14-8-7-12(10-11(14)2)16(18)19-3/h5-10,13,17H,4H2,1-3H3. The lowest BCUT2D eigenvalue weighted by molar-refractivity contribution is 0.0600. The van der Waals surface area contributed by atoms with Crippen LogP contribution in [0.1, 0.15) is 40.2 Å². The molecule has 0 fully saturated rings. The minimum atomic E-state index is -0.301. The van der Waals surface area contributed by atoms with Crippen molar-refractivity contribution in [1.82, 2.24) is 0 Å².